The third-order valence-electron chi connectivity index (χ3n) is 6.25. The Morgan fingerprint density at radius 1 is 1.23 bits per heavy atom. The summed E-state index contributed by atoms with van der Waals surface area (Å²) < 4.78 is 36.2. The molecule has 4 rings (SSSR count). The summed E-state index contributed by atoms with van der Waals surface area (Å²) in [4.78, 5) is 38.4. The minimum atomic E-state index is -4.33. The Bertz CT molecular complexity index is 1540. The van der Waals surface area contributed by atoms with Crippen molar-refractivity contribution in [3.05, 3.63) is 75.6 Å². The molecule has 40 heavy (non-hydrogen) atoms. The van der Waals surface area contributed by atoms with E-state index in [1.54, 1.807) is 38.1 Å². The summed E-state index contributed by atoms with van der Waals surface area (Å²) in [5, 5.41) is 15.0. The van der Waals surface area contributed by atoms with E-state index in [-0.39, 0.29) is 5.75 Å². The summed E-state index contributed by atoms with van der Waals surface area (Å²) in [6.07, 6.45) is -2.98. The van der Waals surface area contributed by atoms with E-state index < -0.39 is 66.9 Å². The van der Waals surface area contributed by atoms with Crippen LogP contribution in [0.15, 0.2) is 64.3 Å². The van der Waals surface area contributed by atoms with E-state index in [2.05, 4.69) is 10.1 Å². The molecular weight excluding hydrogens is 564 g/mol. The first kappa shape index (κ1) is 30.0. The predicted octanol–water partition coefficient (Wildman–Crippen LogP) is 1.65. The van der Waals surface area contributed by atoms with Crippen molar-refractivity contribution in [2.45, 2.75) is 56.1 Å². The van der Waals surface area contributed by atoms with Crippen molar-refractivity contribution in [1.82, 2.24) is 14.6 Å². The summed E-state index contributed by atoms with van der Waals surface area (Å²) >= 11 is 6.59. The molecule has 1 aliphatic heterocycles. The first-order valence-corrected chi connectivity index (χ1v) is 14.5. The lowest BCUT2D eigenvalue weighted by atomic mass is 9.79. The smallest absolute Gasteiger partial charge is 0.459 e. The molecule has 0 amide bonds. The second kappa shape index (κ2) is 11.9. The molecule has 15 heteroatoms. The summed E-state index contributed by atoms with van der Waals surface area (Å²) in [6, 6.07) is 12.5. The molecular formula is C25H30BClN3O9P. The van der Waals surface area contributed by atoms with Gasteiger partial charge in [-0.25, -0.2) is 9.36 Å². The molecule has 2 heterocycles. The number of hydrogen-bond acceptors (Lipinski definition) is 9. The molecule has 0 unspecified atom stereocenters. The number of alkyl halides is 1. The highest BCUT2D eigenvalue weighted by Gasteiger charge is 2.53. The van der Waals surface area contributed by atoms with Gasteiger partial charge in [-0.2, -0.15) is 5.09 Å². The van der Waals surface area contributed by atoms with Crippen molar-refractivity contribution in [3.8, 4) is 5.75 Å². The van der Waals surface area contributed by atoms with Crippen LogP contribution in [0, 0.1) is 0 Å². The van der Waals surface area contributed by atoms with Crippen molar-refractivity contribution in [2.75, 3.05) is 6.61 Å². The molecule has 0 saturated carbocycles. The highest BCUT2D eigenvalue weighted by Crippen LogP contribution is 2.48. The molecule has 0 aliphatic carbocycles. The lowest BCUT2D eigenvalue weighted by molar-refractivity contribution is -0.149. The van der Waals surface area contributed by atoms with E-state index in [9.17, 15) is 24.1 Å². The second-order valence-electron chi connectivity index (χ2n) is 9.84. The van der Waals surface area contributed by atoms with E-state index in [0.717, 1.165) is 16.0 Å². The number of rotatable bonds is 10. The number of nitrogens with one attached hydrogen (secondary N) is 2. The largest absolute Gasteiger partial charge is 0.462 e. The highest BCUT2D eigenvalue weighted by atomic mass is 35.5. The molecule has 1 aliphatic rings. The van der Waals surface area contributed by atoms with Gasteiger partial charge in [-0.1, -0.05) is 36.4 Å². The number of halogens is 1. The van der Waals surface area contributed by atoms with E-state index in [1.807, 2.05) is 18.2 Å². The van der Waals surface area contributed by atoms with Crippen molar-refractivity contribution in [2.24, 2.45) is 0 Å². The van der Waals surface area contributed by atoms with E-state index in [1.165, 1.54) is 21.0 Å². The van der Waals surface area contributed by atoms with Crippen LogP contribution in [-0.2, 0) is 23.4 Å². The van der Waals surface area contributed by atoms with Gasteiger partial charge in [-0.3, -0.25) is 23.7 Å². The Morgan fingerprint density at radius 3 is 2.62 bits per heavy atom. The molecule has 0 radical (unpaired) electrons. The number of benzene rings is 2. The number of ether oxygens (including phenoxy) is 2. The third kappa shape index (κ3) is 6.51. The fourth-order valence-electron chi connectivity index (χ4n) is 4.25. The van der Waals surface area contributed by atoms with Crippen LogP contribution in [0.4, 0.5) is 0 Å². The van der Waals surface area contributed by atoms with Crippen LogP contribution in [0.1, 0.15) is 27.0 Å². The quantitative estimate of drug-likeness (QED) is 0.137. The van der Waals surface area contributed by atoms with Gasteiger partial charge < -0.3 is 19.1 Å². The van der Waals surface area contributed by atoms with Gasteiger partial charge in [-0.15, -0.1) is 11.6 Å². The zero-order valence-electron chi connectivity index (χ0n) is 22.3. The number of aliphatic hydroxyl groups excluding tert-OH is 1. The molecule has 0 spiro atoms. The van der Waals surface area contributed by atoms with Crippen molar-refractivity contribution >= 4 is 43.9 Å². The van der Waals surface area contributed by atoms with Crippen LogP contribution in [0.2, 0.25) is 0 Å². The average molecular weight is 594 g/mol. The fraction of sp³-hybridized carbons (Fsp3) is 0.400. The monoisotopic (exact) mass is 593 g/mol. The number of hydrogen-bond donors (Lipinski definition) is 3. The maximum atomic E-state index is 14.1. The standard InChI is InChI=1S/C25H30BClN3O9P/c1-14(2)37-22(33)15(3)29-40(35,39-18-10-6-8-16-7-4-5-9-17(16)18)36-13-19-21(32)25(26,27)23(38-19)30-12-11-20(31)28-24(30)34/h4-12,14-15,19,21,23,32H,13,26H2,1-3H3,(H,29,35)(H,28,31,34)/t15-,19+,21+,23+,25-,40-/m0/s1. The third-order valence-corrected chi connectivity index (χ3v) is 8.29. The molecule has 1 saturated heterocycles. The van der Waals surface area contributed by atoms with E-state index in [4.69, 9.17) is 30.1 Å². The minimum Gasteiger partial charge on any atom is -0.462 e. The number of H-pyrrole nitrogens is 1. The molecule has 1 aromatic heterocycles. The van der Waals surface area contributed by atoms with Gasteiger partial charge in [0.1, 0.15) is 25.7 Å². The number of aromatic amines is 1. The van der Waals surface area contributed by atoms with Gasteiger partial charge >= 0.3 is 19.4 Å². The Labute approximate surface area is 235 Å². The molecule has 3 N–H and O–H groups in total. The number of nitrogens with zero attached hydrogens (tertiary/aromatic N) is 1. The zero-order valence-corrected chi connectivity index (χ0v) is 23.9. The highest BCUT2D eigenvalue weighted by molar-refractivity contribution is 7.52. The van der Waals surface area contributed by atoms with Crippen LogP contribution in [-0.4, -0.2) is 64.2 Å². The molecule has 2 aromatic carbocycles. The SMILES string of the molecule is B[C@]1(Cl)[C@H](O)[C@@H](CO[P@@](=O)(N[C@@H](C)C(=O)OC(C)C)Oc2cccc3ccccc23)O[C@H]1n1ccc(=O)[nH]c1=O. The summed E-state index contributed by atoms with van der Waals surface area (Å²) in [6.45, 7) is 4.31. The number of esters is 1. The second-order valence-corrected chi connectivity index (χ2v) is 12.3. The Morgan fingerprint density at radius 2 is 1.93 bits per heavy atom. The van der Waals surface area contributed by atoms with Gasteiger partial charge in [-0.05, 0) is 32.2 Å². The lowest BCUT2D eigenvalue weighted by Crippen LogP contribution is -2.45. The molecule has 0 bridgehead atoms. The summed E-state index contributed by atoms with van der Waals surface area (Å²) in [5.41, 5.74) is -1.40. The zero-order chi connectivity index (χ0) is 29.2. The van der Waals surface area contributed by atoms with Crippen LogP contribution < -0.4 is 20.9 Å². The Kier molecular flexibility index (Phi) is 8.94. The van der Waals surface area contributed by atoms with Crippen LogP contribution in [0.5, 0.6) is 5.75 Å². The normalized spacial score (nSPS) is 25.0. The van der Waals surface area contributed by atoms with Gasteiger partial charge in [0, 0.05) is 17.6 Å². The van der Waals surface area contributed by atoms with Crippen molar-refractivity contribution in [1.29, 1.82) is 0 Å². The summed E-state index contributed by atoms with van der Waals surface area (Å²) in [7, 11) is -2.87. The maximum absolute atomic E-state index is 14.1. The van der Waals surface area contributed by atoms with Crippen LogP contribution in [0.3, 0.4) is 0 Å². The number of carbonyl (C=O) groups is 1. The molecule has 6 atom stereocenters. The molecule has 1 fully saturated rings. The van der Waals surface area contributed by atoms with Gasteiger partial charge in [0.25, 0.3) is 5.56 Å². The average Bonchev–Trinajstić information content (AvgIpc) is 3.11. The van der Waals surface area contributed by atoms with E-state index >= 15 is 0 Å². The predicted molar refractivity (Wildman–Crippen MR) is 150 cm³/mol. The fourth-order valence-corrected chi connectivity index (χ4v) is 6.07. The molecule has 3 aromatic rings. The number of aromatic nitrogens is 2. The number of fused-ring (bicyclic) bond motifs is 1. The first-order chi connectivity index (χ1) is 18.8. The van der Waals surface area contributed by atoms with Crippen LogP contribution >= 0.6 is 19.3 Å². The van der Waals surface area contributed by atoms with Crippen LogP contribution in [0.25, 0.3) is 10.8 Å². The maximum Gasteiger partial charge on any atom is 0.459 e. The Balaban J connectivity index is 1.60. The van der Waals surface area contributed by atoms with Gasteiger partial charge in [0.05, 0.1) is 23.6 Å². The lowest BCUT2D eigenvalue weighted by Gasteiger charge is -2.27. The van der Waals surface area contributed by atoms with Crippen molar-refractivity contribution in [3.63, 3.8) is 0 Å². The van der Waals surface area contributed by atoms with Crippen molar-refractivity contribution < 1.29 is 33.0 Å². The van der Waals surface area contributed by atoms with Gasteiger partial charge in [0.15, 0.2) is 6.23 Å². The topological polar surface area (TPSA) is 158 Å². The Hall–Kier alpha value is -2.93. The molecule has 214 valence electrons. The number of aliphatic hydroxyl groups is 1. The first-order valence-electron chi connectivity index (χ1n) is 12.5. The molecule has 12 nitrogen and oxygen atoms in total. The summed E-state index contributed by atoms with van der Waals surface area (Å²) in [5.74, 6) is -0.450. The van der Waals surface area contributed by atoms with Gasteiger partial charge in [0.2, 0.25) is 0 Å². The number of carbonyl (C=O) groups excluding carboxylic acids is 1. The minimum absolute atomic E-state index is 0.228. The van der Waals surface area contributed by atoms with E-state index in [0.29, 0.717) is 5.39 Å².